The van der Waals surface area contributed by atoms with Crippen LogP contribution in [0.5, 0.6) is 5.75 Å². The summed E-state index contributed by atoms with van der Waals surface area (Å²) in [7, 11) is 1.22. The van der Waals surface area contributed by atoms with E-state index in [0.717, 1.165) is 0 Å². The summed E-state index contributed by atoms with van der Waals surface area (Å²) >= 11 is 0. The molecule has 0 aliphatic carbocycles. The van der Waals surface area contributed by atoms with Gasteiger partial charge in [-0.05, 0) is 19.1 Å². The van der Waals surface area contributed by atoms with Crippen molar-refractivity contribution in [2.75, 3.05) is 13.7 Å². The zero-order chi connectivity index (χ0) is 14.3. The molecule has 1 rings (SSSR count). The van der Waals surface area contributed by atoms with E-state index >= 15 is 0 Å². The molecule has 0 N–H and O–H groups in total. The van der Waals surface area contributed by atoms with Crippen LogP contribution in [-0.2, 0) is 19.1 Å². The lowest BCUT2D eigenvalue weighted by Crippen LogP contribution is -2.17. The normalized spacial score (nSPS) is 9.58. The number of para-hydroxylation sites is 1. The van der Waals surface area contributed by atoms with Crippen LogP contribution >= 0.6 is 0 Å². The molecule has 0 saturated heterocycles. The summed E-state index contributed by atoms with van der Waals surface area (Å²) < 4.78 is 14.1. The van der Waals surface area contributed by atoms with Gasteiger partial charge in [-0.2, -0.15) is 0 Å². The van der Waals surface area contributed by atoms with E-state index in [9.17, 15) is 14.4 Å². The van der Waals surface area contributed by atoms with Crippen molar-refractivity contribution in [2.24, 2.45) is 0 Å². The molecule has 0 aliphatic heterocycles. The maximum Gasteiger partial charge on any atom is 0.341 e. The van der Waals surface area contributed by atoms with Crippen molar-refractivity contribution in [2.45, 2.75) is 13.3 Å². The Balaban J connectivity index is 2.74. The fraction of sp³-hybridized carbons (Fsp3) is 0.308. The van der Waals surface area contributed by atoms with E-state index in [2.05, 4.69) is 9.47 Å². The number of hydrogen-bond acceptors (Lipinski definition) is 6. The number of carbonyl (C=O) groups excluding carboxylic acids is 3. The molecule has 0 bridgehead atoms. The lowest BCUT2D eigenvalue weighted by atomic mass is 10.2. The Morgan fingerprint density at radius 2 is 1.79 bits per heavy atom. The van der Waals surface area contributed by atoms with E-state index in [-0.39, 0.29) is 17.9 Å². The number of carbonyl (C=O) groups is 3. The summed E-state index contributed by atoms with van der Waals surface area (Å²) in [5.74, 6) is -2.05. The quantitative estimate of drug-likeness (QED) is 0.454. The molecule has 19 heavy (non-hydrogen) atoms. The molecule has 6 heteroatoms. The first-order valence-electron chi connectivity index (χ1n) is 5.62. The summed E-state index contributed by atoms with van der Waals surface area (Å²) in [6, 6.07) is 6.10. The maximum absolute atomic E-state index is 11.5. The molecular weight excluding hydrogens is 252 g/mol. The second-order valence-corrected chi connectivity index (χ2v) is 3.44. The lowest BCUT2D eigenvalue weighted by molar-refractivity contribution is -0.149. The average molecular weight is 266 g/mol. The highest BCUT2D eigenvalue weighted by molar-refractivity contribution is 5.95. The molecule has 102 valence electrons. The van der Waals surface area contributed by atoms with Gasteiger partial charge < -0.3 is 14.2 Å². The lowest BCUT2D eigenvalue weighted by Gasteiger charge is -2.08. The Labute approximate surface area is 110 Å². The van der Waals surface area contributed by atoms with Crippen LogP contribution in [0.3, 0.4) is 0 Å². The molecule has 0 atom stereocenters. The Morgan fingerprint density at radius 3 is 2.42 bits per heavy atom. The highest BCUT2D eigenvalue weighted by atomic mass is 16.6. The van der Waals surface area contributed by atoms with Crippen LogP contribution in [0.4, 0.5) is 0 Å². The van der Waals surface area contributed by atoms with E-state index in [1.807, 2.05) is 0 Å². The zero-order valence-corrected chi connectivity index (χ0v) is 10.7. The number of methoxy groups -OCH3 is 1. The van der Waals surface area contributed by atoms with Crippen molar-refractivity contribution < 1.29 is 28.6 Å². The monoisotopic (exact) mass is 266 g/mol. The van der Waals surface area contributed by atoms with Crippen molar-refractivity contribution in [3.05, 3.63) is 29.8 Å². The molecule has 1 aromatic carbocycles. The van der Waals surface area contributed by atoms with Gasteiger partial charge in [0.15, 0.2) is 0 Å². The summed E-state index contributed by atoms with van der Waals surface area (Å²) in [6.45, 7) is 1.82. The van der Waals surface area contributed by atoms with Gasteiger partial charge in [-0.15, -0.1) is 0 Å². The molecule has 0 aliphatic rings. The minimum absolute atomic E-state index is 0.0450. The van der Waals surface area contributed by atoms with Crippen LogP contribution in [0, 0.1) is 0 Å². The van der Waals surface area contributed by atoms with Gasteiger partial charge in [0.1, 0.15) is 17.7 Å². The van der Waals surface area contributed by atoms with Crippen molar-refractivity contribution in [3.8, 4) is 5.75 Å². The van der Waals surface area contributed by atoms with Gasteiger partial charge in [-0.25, -0.2) is 4.79 Å². The number of rotatable bonds is 5. The highest BCUT2D eigenvalue weighted by Crippen LogP contribution is 2.19. The van der Waals surface area contributed by atoms with Crippen LogP contribution in [0.2, 0.25) is 0 Å². The summed E-state index contributed by atoms with van der Waals surface area (Å²) in [6.07, 6.45) is -0.511. The Morgan fingerprint density at radius 1 is 1.11 bits per heavy atom. The summed E-state index contributed by atoms with van der Waals surface area (Å²) in [5, 5.41) is 0. The van der Waals surface area contributed by atoms with E-state index in [1.165, 1.54) is 19.2 Å². The van der Waals surface area contributed by atoms with Crippen molar-refractivity contribution >= 4 is 17.9 Å². The smallest absolute Gasteiger partial charge is 0.341 e. The molecule has 0 fully saturated rings. The van der Waals surface area contributed by atoms with Gasteiger partial charge >= 0.3 is 17.9 Å². The van der Waals surface area contributed by atoms with Crippen LogP contribution in [0.25, 0.3) is 0 Å². The van der Waals surface area contributed by atoms with Crippen molar-refractivity contribution in [1.82, 2.24) is 0 Å². The molecule has 0 spiro atoms. The summed E-state index contributed by atoms with van der Waals surface area (Å²) in [5.41, 5.74) is 0.113. The number of benzene rings is 1. The van der Waals surface area contributed by atoms with E-state index in [1.54, 1.807) is 19.1 Å². The van der Waals surface area contributed by atoms with Gasteiger partial charge in [-0.3, -0.25) is 9.59 Å². The average Bonchev–Trinajstić information content (AvgIpc) is 2.38. The molecular formula is C13H14O6. The maximum atomic E-state index is 11.5. The third-order valence-corrected chi connectivity index (χ3v) is 2.11. The van der Waals surface area contributed by atoms with Gasteiger partial charge in [0.25, 0.3) is 0 Å². The van der Waals surface area contributed by atoms with Gasteiger partial charge in [-0.1, -0.05) is 12.1 Å². The Bertz CT molecular complexity index is 480. The summed E-state index contributed by atoms with van der Waals surface area (Å²) in [4.78, 5) is 34.0. The predicted octanol–water partition coefficient (Wildman–Crippen LogP) is 1.33. The molecule has 0 aromatic heterocycles. The van der Waals surface area contributed by atoms with Gasteiger partial charge in [0, 0.05) is 0 Å². The first kappa shape index (κ1) is 14.7. The number of ether oxygens (including phenoxy) is 3. The van der Waals surface area contributed by atoms with Gasteiger partial charge in [0.2, 0.25) is 0 Å². The third kappa shape index (κ3) is 4.42. The van der Waals surface area contributed by atoms with Crippen LogP contribution in [-0.4, -0.2) is 31.6 Å². The Kier molecular flexibility index (Phi) is 5.53. The highest BCUT2D eigenvalue weighted by Gasteiger charge is 2.17. The molecule has 0 amide bonds. The fourth-order valence-electron chi connectivity index (χ4n) is 1.32. The molecule has 6 nitrogen and oxygen atoms in total. The van der Waals surface area contributed by atoms with Crippen molar-refractivity contribution in [1.29, 1.82) is 0 Å². The number of hydrogen-bond donors (Lipinski definition) is 0. The standard InChI is InChI=1S/C13H14O6/c1-3-18-11(14)8-12(15)19-10-7-5-4-6-9(10)13(16)17-2/h4-7H,3,8H2,1-2H3. The Hall–Kier alpha value is -2.37. The molecule has 0 radical (unpaired) electrons. The van der Waals surface area contributed by atoms with Crippen LogP contribution in [0.1, 0.15) is 23.7 Å². The second-order valence-electron chi connectivity index (χ2n) is 3.44. The van der Waals surface area contributed by atoms with Crippen LogP contribution in [0.15, 0.2) is 24.3 Å². The first-order valence-corrected chi connectivity index (χ1v) is 5.62. The fourth-order valence-corrected chi connectivity index (χ4v) is 1.32. The second kappa shape index (κ2) is 7.15. The van der Waals surface area contributed by atoms with E-state index in [0.29, 0.717) is 0 Å². The van der Waals surface area contributed by atoms with Crippen molar-refractivity contribution in [3.63, 3.8) is 0 Å². The van der Waals surface area contributed by atoms with Gasteiger partial charge in [0.05, 0.1) is 13.7 Å². The van der Waals surface area contributed by atoms with Crippen LogP contribution < -0.4 is 4.74 Å². The molecule has 1 aromatic rings. The third-order valence-electron chi connectivity index (χ3n) is 2.11. The molecule has 0 heterocycles. The zero-order valence-electron chi connectivity index (χ0n) is 10.7. The minimum atomic E-state index is -0.796. The van der Waals surface area contributed by atoms with E-state index < -0.39 is 24.3 Å². The minimum Gasteiger partial charge on any atom is -0.466 e. The first-order chi connectivity index (χ1) is 9.08. The molecule has 0 unspecified atom stereocenters. The molecule has 0 saturated carbocycles. The SMILES string of the molecule is CCOC(=O)CC(=O)Oc1ccccc1C(=O)OC. The predicted molar refractivity (Wildman–Crippen MR) is 64.7 cm³/mol. The topological polar surface area (TPSA) is 78.9 Å². The number of esters is 3. The van der Waals surface area contributed by atoms with E-state index in [4.69, 9.17) is 4.74 Å². The largest absolute Gasteiger partial charge is 0.466 e.